The minimum absolute atomic E-state index is 0.361. The minimum atomic E-state index is -3.39. The zero-order chi connectivity index (χ0) is 17.4. The van der Waals surface area contributed by atoms with Gasteiger partial charge in [0.1, 0.15) is 0 Å². The van der Waals surface area contributed by atoms with E-state index in [1.165, 1.54) is 32.1 Å². The van der Waals surface area contributed by atoms with Crippen molar-refractivity contribution in [2.45, 2.75) is 57.3 Å². The summed E-state index contributed by atoms with van der Waals surface area (Å²) < 4.78 is 27.6. The predicted octanol–water partition coefficient (Wildman–Crippen LogP) is 3.57. The van der Waals surface area contributed by atoms with Gasteiger partial charge in [0.05, 0.1) is 4.90 Å². The van der Waals surface area contributed by atoms with Crippen molar-refractivity contribution in [3.63, 3.8) is 0 Å². The zero-order valence-corrected chi connectivity index (χ0v) is 15.9. The van der Waals surface area contributed by atoms with E-state index in [1.54, 1.807) is 12.1 Å². The van der Waals surface area contributed by atoms with Gasteiger partial charge in [-0.05, 0) is 57.3 Å². The molecule has 4 nitrogen and oxygen atoms in total. The molecule has 0 aliphatic carbocycles. The monoisotopic (exact) mass is 352 g/mol. The van der Waals surface area contributed by atoms with Crippen molar-refractivity contribution in [3.05, 3.63) is 29.8 Å². The molecule has 1 aliphatic rings. The number of piperidine rings is 1. The highest BCUT2D eigenvalue weighted by Gasteiger charge is 2.22. The lowest BCUT2D eigenvalue weighted by atomic mass is 9.98. The molecule has 1 N–H and O–H groups in total. The molecule has 1 aliphatic heterocycles. The largest absolute Gasteiger partial charge is 0.303 e. The molecule has 0 spiro atoms. The summed E-state index contributed by atoms with van der Waals surface area (Å²) >= 11 is 0. The van der Waals surface area contributed by atoms with Gasteiger partial charge in [-0.2, -0.15) is 0 Å². The molecule has 1 fully saturated rings. The fourth-order valence-electron chi connectivity index (χ4n) is 3.31. The number of likely N-dealkylation sites (tertiary alicyclic amines) is 1. The molecule has 24 heavy (non-hydrogen) atoms. The van der Waals surface area contributed by atoms with Gasteiger partial charge in [-0.15, -0.1) is 0 Å². The van der Waals surface area contributed by atoms with Gasteiger partial charge in [-0.25, -0.2) is 13.1 Å². The normalized spacial score (nSPS) is 19.5. The van der Waals surface area contributed by atoms with Crippen molar-refractivity contribution in [1.82, 2.24) is 9.62 Å². The second-order valence-corrected chi connectivity index (χ2v) is 8.80. The Bertz CT molecular complexity index is 584. The van der Waals surface area contributed by atoms with E-state index in [-0.39, 0.29) is 0 Å². The fraction of sp³-hybridized carbons (Fsp3) is 0.684. The summed E-state index contributed by atoms with van der Waals surface area (Å²) in [5.74, 6) is 0.421. The summed E-state index contributed by atoms with van der Waals surface area (Å²) in [6.07, 6.45) is 7.43. The molecular weight excluding hydrogens is 320 g/mol. The lowest BCUT2D eigenvalue weighted by Gasteiger charge is -2.32. The van der Waals surface area contributed by atoms with Crippen molar-refractivity contribution in [2.75, 3.05) is 26.2 Å². The molecule has 0 amide bonds. The zero-order valence-electron chi connectivity index (χ0n) is 15.1. The molecule has 0 bridgehead atoms. The number of aryl methyl sites for hydroxylation is 1. The first kappa shape index (κ1) is 19.4. The van der Waals surface area contributed by atoms with E-state index < -0.39 is 10.0 Å². The third-order valence-electron chi connectivity index (χ3n) is 4.82. The topological polar surface area (TPSA) is 49.4 Å². The van der Waals surface area contributed by atoms with Crippen LogP contribution in [-0.4, -0.2) is 39.5 Å². The number of rotatable bonds is 9. The van der Waals surface area contributed by atoms with Crippen LogP contribution in [0.4, 0.5) is 0 Å². The van der Waals surface area contributed by atoms with Crippen LogP contribution in [0, 0.1) is 12.8 Å². The van der Waals surface area contributed by atoms with E-state index in [0.717, 1.165) is 31.6 Å². The quantitative estimate of drug-likeness (QED) is 0.691. The third kappa shape index (κ3) is 6.19. The number of hydrogen-bond acceptors (Lipinski definition) is 3. The maximum absolute atomic E-state index is 12.4. The van der Waals surface area contributed by atoms with Crippen LogP contribution in [0.25, 0.3) is 0 Å². The molecule has 136 valence electrons. The molecule has 1 unspecified atom stereocenters. The molecule has 1 aromatic carbocycles. The van der Waals surface area contributed by atoms with E-state index in [9.17, 15) is 8.42 Å². The van der Waals surface area contributed by atoms with Crippen molar-refractivity contribution >= 4 is 10.0 Å². The summed E-state index contributed by atoms with van der Waals surface area (Å²) in [6, 6.07) is 7.04. The Hall–Kier alpha value is -0.910. The number of sulfonamides is 1. The summed E-state index contributed by atoms with van der Waals surface area (Å²) in [5.41, 5.74) is 1.07. The number of nitrogens with one attached hydrogen (secondary N) is 1. The number of unbranched alkanes of at least 4 members (excludes halogenated alkanes) is 3. The molecule has 1 saturated heterocycles. The van der Waals surface area contributed by atoms with Crippen LogP contribution in [0.15, 0.2) is 29.2 Å². The van der Waals surface area contributed by atoms with Crippen molar-refractivity contribution in [3.8, 4) is 0 Å². The minimum Gasteiger partial charge on any atom is -0.303 e. The van der Waals surface area contributed by atoms with Gasteiger partial charge in [0.15, 0.2) is 0 Å². The molecule has 2 rings (SSSR count). The third-order valence-corrected chi connectivity index (χ3v) is 6.26. The molecule has 0 saturated carbocycles. The highest BCUT2D eigenvalue weighted by atomic mass is 32.2. The van der Waals surface area contributed by atoms with Crippen molar-refractivity contribution < 1.29 is 8.42 Å². The lowest BCUT2D eigenvalue weighted by molar-refractivity contribution is 0.173. The van der Waals surface area contributed by atoms with Gasteiger partial charge in [-0.1, -0.05) is 43.9 Å². The van der Waals surface area contributed by atoms with E-state index >= 15 is 0 Å². The Labute approximate surface area is 147 Å². The van der Waals surface area contributed by atoms with Gasteiger partial charge >= 0.3 is 0 Å². The summed E-state index contributed by atoms with van der Waals surface area (Å²) in [6.45, 7) is 8.07. The Morgan fingerprint density at radius 3 is 2.62 bits per heavy atom. The number of nitrogens with zero attached hydrogens (tertiary/aromatic N) is 1. The lowest BCUT2D eigenvalue weighted by Crippen LogP contribution is -2.41. The molecule has 0 aromatic heterocycles. The van der Waals surface area contributed by atoms with Crippen LogP contribution < -0.4 is 4.72 Å². The Morgan fingerprint density at radius 1 is 1.17 bits per heavy atom. The first-order valence-corrected chi connectivity index (χ1v) is 10.8. The first-order valence-electron chi connectivity index (χ1n) is 9.30. The van der Waals surface area contributed by atoms with Gasteiger partial charge in [-0.3, -0.25) is 0 Å². The van der Waals surface area contributed by atoms with Crippen LogP contribution in [0.1, 0.15) is 51.0 Å². The molecule has 1 aromatic rings. The summed E-state index contributed by atoms with van der Waals surface area (Å²) in [5, 5.41) is 0. The van der Waals surface area contributed by atoms with Crippen LogP contribution in [-0.2, 0) is 10.0 Å². The van der Waals surface area contributed by atoms with E-state index in [0.29, 0.717) is 17.4 Å². The van der Waals surface area contributed by atoms with E-state index in [4.69, 9.17) is 0 Å². The second kappa shape index (κ2) is 9.54. The molecule has 5 heteroatoms. The van der Waals surface area contributed by atoms with Crippen LogP contribution in [0.2, 0.25) is 0 Å². The van der Waals surface area contributed by atoms with Crippen LogP contribution in [0.5, 0.6) is 0 Å². The Balaban J connectivity index is 1.79. The molecule has 0 radical (unpaired) electrons. The maximum atomic E-state index is 12.4. The SMILES string of the molecule is CCCCCCN1CCCC(CNS(=O)(=O)c2ccc(C)cc2)C1. The number of benzene rings is 1. The highest BCUT2D eigenvalue weighted by Crippen LogP contribution is 2.18. The van der Waals surface area contributed by atoms with Crippen molar-refractivity contribution in [2.24, 2.45) is 5.92 Å². The standard InChI is InChI=1S/C19H32N2O2S/c1-3-4-5-6-13-21-14-7-8-18(16-21)15-20-24(22,23)19-11-9-17(2)10-12-19/h9-12,18,20H,3-8,13-16H2,1-2H3. The van der Waals surface area contributed by atoms with E-state index in [1.807, 2.05) is 19.1 Å². The van der Waals surface area contributed by atoms with Gasteiger partial charge in [0.2, 0.25) is 10.0 Å². The first-order chi connectivity index (χ1) is 11.5. The highest BCUT2D eigenvalue weighted by molar-refractivity contribution is 7.89. The van der Waals surface area contributed by atoms with Gasteiger partial charge in [0.25, 0.3) is 0 Å². The Kier molecular flexibility index (Phi) is 7.72. The van der Waals surface area contributed by atoms with Gasteiger partial charge < -0.3 is 4.90 Å². The molecular formula is C19H32N2O2S. The summed E-state index contributed by atoms with van der Waals surface area (Å²) in [4.78, 5) is 2.87. The predicted molar refractivity (Wildman–Crippen MR) is 99.7 cm³/mol. The van der Waals surface area contributed by atoms with Crippen LogP contribution in [0.3, 0.4) is 0 Å². The average molecular weight is 353 g/mol. The average Bonchev–Trinajstić information content (AvgIpc) is 2.58. The van der Waals surface area contributed by atoms with Crippen LogP contribution >= 0.6 is 0 Å². The fourth-order valence-corrected chi connectivity index (χ4v) is 4.43. The van der Waals surface area contributed by atoms with Gasteiger partial charge in [0, 0.05) is 13.1 Å². The van der Waals surface area contributed by atoms with E-state index in [2.05, 4.69) is 16.5 Å². The number of hydrogen-bond donors (Lipinski definition) is 1. The maximum Gasteiger partial charge on any atom is 0.240 e. The van der Waals surface area contributed by atoms with Crippen molar-refractivity contribution in [1.29, 1.82) is 0 Å². The molecule has 1 heterocycles. The second-order valence-electron chi connectivity index (χ2n) is 7.03. The summed E-state index contributed by atoms with van der Waals surface area (Å²) in [7, 11) is -3.39. The smallest absolute Gasteiger partial charge is 0.240 e. The molecule has 1 atom stereocenters. The Morgan fingerprint density at radius 2 is 1.92 bits per heavy atom.